The third-order valence-corrected chi connectivity index (χ3v) is 12.6. The first-order valence-electron chi connectivity index (χ1n) is 19.5. The molecular weight excluding hydrogens is 725 g/mol. The number of nitrogens with zero attached hydrogens (tertiary/aromatic N) is 2. The van der Waals surface area contributed by atoms with Crippen LogP contribution in [-0.4, -0.2) is 9.97 Å². The largest absolute Gasteiger partial charge is 0.455 e. The summed E-state index contributed by atoms with van der Waals surface area (Å²) in [4.78, 5) is 10.9. The summed E-state index contributed by atoms with van der Waals surface area (Å²) in [6.07, 6.45) is 0. The van der Waals surface area contributed by atoms with Gasteiger partial charge in [-0.1, -0.05) is 158 Å². The Hall–Kier alpha value is -7.40. The lowest BCUT2D eigenvalue weighted by atomic mass is 9.95. The molecule has 270 valence electrons. The van der Waals surface area contributed by atoms with Gasteiger partial charge in [-0.3, -0.25) is 0 Å². The highest BCUT2D eigenvalue weighted by atomic mass is 32.1. The lowest BCUT2D eigenvalue weighted by Gasteiger charge is -2.11. The van der Waals surface area contributed by atoms with Crippen molar-refractivity contribution in [2.75, 3.05) is 0 Å². The summed E-state index contributed by atoms with van der Waals surface area (Å²) in [6.45, 7) is 0. The Bertz CT molecular complexity index is 3570. The summed E-state index contributed by atoms with van der Waals surface area (Å²) >= 11 is 1.75. The normalized spacial score (nSPS) is 11.8. The van der Waals surface area contributed by atoms with E-state index in [1.54, 1.807) is 11.3 Å². The molecule has 4 heteroatoms. The molecule has 0 bridgehead atoms. The third kappa shape index (κ3) is 5.34. The maximum atomic E-state index is 7.04. The third-order valence-electron chi connectivity index (χ3n) is 11.4. The van der Waals surface area contributed by atoms with Gasteiger partial charge in [-0.25, -0.2) is 9.97 Å². The molecule has 0 aliphatic carbocycles. The number of benzene rings is 9. The summed E-state index contributed by atoms with van der Waals surface area (Å²) < 4.78 is 9.33. The minimum absolute atomic E-state index is 0.676. The number of furan rings is 1. The van der Waals surface area contributed by atoms with Crippen LogP contribution in [0.4, 0.5) is 0 Å². The van der Waals surface area contributed by atoms with E-state index in [4.69, 9.17) is 14.4 Å². The topological polar surface area (TPSA) is 38.9 Å². The number of hydrogen-bond donors (Lipinski definition) is 0. The molecule has 0 aliphatic rings. The van der Waals surface area contributed by atoms with Gasteiger partial charge in [0.25, 0.3) is 0 Å². The number of fused-ring (bicyclic) bond motifs is 8. The summed E-state index contributed by atoms with van der Waals surface area (Å²) in [6, 6.07) is 69.1. The van der Waals surface area contributed by atoms with Gasteiger partial charge in [0.05, 0.1) is 15.9 Å². The number of thiophene rings is 1. The molecule has 0 fully saturated rings. The molecule has 3 heterocycles. The molecule has 58 heavy (non-hydrogen) atoms. The number of rotatable bonds is 5. The van der Waals surface area contributed by atoms with Crippen LogP contribution in [0.15, 0.2) is 199 Å². The van der Waals surface area contributed by atoms with Gasteiger partial charge in [-0.2, -0.15) is 0 Å². The van der Waals surface area contributed by atoms with Gasteiger partial charge in [0.1, 0.15) is 11.2 Å². The van der Waals surface area contributed by atoms with Crippen LogP contribution in [0.3, 0.4) is 0 Å². The average Bonchev–Trinajstić information content (AvgIpc) is 3.87. The molecular formula is C54H32N2OS. The lowest BCUT2D eigenvalue weighted by molar-refractivity contribution is 0.670. The Labute approximate surface area is 338 Å². The van der Waals surface area contributed by atoms with E-state index in [0.717, 1.165) is 76.6 Å². The highest BCUT2D eigenvalue weighted by molar-refractivity contribution is 7.26. The van der Waals surface area contributed by atoms with Crippen molar-refractivity contribution in [1.82, 2.24) is 9.97 Å². The molecule has 0 aliphatic heterocycles. The fourth-order valence-corrected chi connectivity index (χ4v) is 9.75. The zero-order valence-electron chi connectivity index (χ0n) is 31.2. The number of para-hydroxylation sites is 1. The monoisotopic (exact) mass is 756 g/mol. The van der Waals surface area contributed by atoms with Gasteiger partial charge in [0.15, 0.2) is 5.82 Å². The summed E-state index contributed by atoms with van der Waals surface area (Å²) in [5.41, 5.74) is 12.3. The second kappa shape index (κ2) is 13.1. The van der Waals surface area contributed by atoms with Crippen molar-refractivity contribution < 1.29 is 4.42 Å². The smallest absolute Gasteiger partial charge is 0.161 e. The quantitative estimate of drug-likeness (QED) is 0.176. The van der Waals surface area contributed by atoms with Crippen LogP contribution in [0.1, 0.15) is 0 Å². The molecule has 0 radical (unpaired) electrons. The van der Waals surface area contributed by atoms with Gasteiger partial charge in [-0.05, 0) is 85.8 Å². The van der Waals surface area contributed by atoms with Crippen LogP contribution in [-0.2, 0) is 0 Å². The van der Waals surface area contributed by atoms with Gasteiger partial charge < -0.3 is 4.42 Å². The zero-order valence-corrected chi connectivity index (χ0v) is 32.0. The molecule has 0 amide bonds. The first kappa shape index (κ1) is 32.8. The molecule has 3 aromatic heterocycles. The second-order valence-corrected chi connectivity index (χ2v) is 16.0. The lowest BCUT2D eigenvalue weighted by Crippen LogP contribution is -1.95. The van der Waals surface area contributed by atoms with Gasteiger partial charge in [0, 0.05) is 37.5 Å². The highest BCUT2D eigenvalue weighted by Gasteiger charge is 2.22. The fraction of sp³-hybridized carbons (Fsp3) is 0. The molecule has 0 atom stereocenters. The van der Waals surface area contributed by atoms with E-state index < -0.39 is 0 Å². The van der Waals surface area contributed by atoms with Crippen molar-refractivity contribution in [3.63, 3.8) is 0 Å². The molecule has 12 aromatic rings. The Morgan fingerprint density at radius 3 is 1.83 bits per heavy atom. The summed E-state index contributed by atoms with van der Waals surface area (Å²) in [7, 11) is 0. The second-order valence-electron chi connectivity index (χ2n) is 14.9. The van der Waals surface area contributed by atoms with E-state index in [9.17, 15) is 0 Å². The van der Waals surface area contributed by atoms with E-state index in [2.05, 4.69) is 194 Å². The van der Waals surface area contributed by atoms with Gasteiger partial charge >= 0.3 is 0 Å². The minimum atomic E-state index is 0.676. The van der Waals surface area contributed by atoms with Crippen LogP contribution >= 0.6 is 11.3 Å². The predicted octanol–water partition coefficient (Wildman–Crippen LogP) is 15.4. The number of hydrogen-bond acceptors (Lipinski definition) is 4. The van der Waals surface area contributed by atoms with Crippen molar-refractivity contribution in [2.24, 2.45) is 0 Å². The van der Waals surface area contributed by atoms with E-state index >= 15 is 0 Å². The standard InChI is InChI=1S/C54H32N2OS/c1-3-12-33(13-4-1)37-24-25-39-30-41(27-26-38(39)29-37)43-19-11-20-45-49-46(31-42(32-47(49)57-52(43)45)40-23-22-34-14-7-8-17-36(34)28-40)54-55-50(35-15-5-2-6-16-35)53-51(56-54)44-18-9-10-21-48(44)58-53/h1-32H. The summed E-state index contributed by atoms with van der Waals surface area (Å²) in [5.74, 6) is 0.676. The molecule has 0 saturated heterocycles. The average molecular weight is 757 g/mol. The van der Waals surface area contributed by atoms with E-state index in [1.165, 1.54) is 37.4 Å². The van der Waals surface area contributed by atoms with Crippen LogP contribution in [0.25, 0.3) is 120 Å². The molecule has 0 unspecified atom stereocenters. The number of aromatic nitrogens is 2. The SMILES string of the molecule is c1ccc(-c2ccc3cc(-c4cccc5c4oc4cc(-c6ccc7ccccc7c6)cc(-c6nc(-c7ccccc7)c7sc8ccccc8c7n6)c45)ccc3c2)cc1. The minimum Gasteiger partial charge on any atom is -0.455 e. The van der Waals surface area contributed by atoms with Crippen molar-refractivity contribution in [3.05, 3.63) is 194 Å². The summed E-state index contributed by atoms with van der Waals surface area (Å²) in [5, 5.41) is 7.96. The molecule has 9 aromatic carbocycles. The van der Waals surface area contributed by atoms with Crippen LogP contribution in [0, 0.1) is 0 Å². The van der Waals surface area contributed by atoms with Gasteiger partial charge in [-0.15, -0.1) is 11.3 Å². The van der Waals surface area contributed by atoms with E-state index in [0.29, 0.717) is 5.82 Å². The van der Waals surface area contributed by atoms with Gasteiger partial charge in [0.2, 0.25) is 0 Å². The van der Waals surface area contributed by atoms with Crippen molar-refractivity contribution in [1.29, 1.82) is 0 Å². The van der Waals surface area contributed by atoms with E-state index in [-0.39, 0.29) is 0 Å². The van der Waals surface area contributed by atoms with Crippen molar-refractivity contribution in [2.45, 2.75) is 0 Å². The molecule has 12 rings (SSSR count). The van der Waals surface area contributed by atoms with E-state index in [1.807, 2.05) is 0 Å². The predicted molar refractivity (Wildman–Crippen MR) is 244 cm³/mol. The Morgan fingerprint density at radius 1 is 0.397 bits per heavy atom. The first-order chi connectivity index (χ1) is 28.7. The maximum absolute atomic E-state index is 7.04. The van der Waals surface area contributed by atoms with Crippen molar-refractivity contribution in [3.8, 4) is 56.0 Å². The van der Waals surface area contributed by atoms with Crippen LogP contribution in [0.5, 0.6) is 0 Å². The zero-order chi connectivity index (χ0) is 38.2. The molecule has 0 saturated carbocycles. The van der Waals surface area contributed by atoms with Crippen LogP contribution < -0.4 is 0 Å². The molecule has 0 spiro atoms. The molecule has 3 nitrogen and oxygen atoms in total. The van der Waals surface area contributed by atoms with Crippen molar-refractivity contribution >= 4 is 75.1 Å². The Morgan fingerprint density at radius 2 is 1.02 bits per heavy atom. The first-order valence-corrected chi connectivity index (χ1v) is 20.4. The fourth-order valence-electron chi connectivity index (χ4n) is 8.59. The highest BCUT2D eigenvalue weighted by Crippen LogP contribution is 2.45. The Kier molecular flexibility index (Phi) is 7.40. The maximum Gasteiger partial charge on any atom is 0.161 e. The van der Waals surface area contributed by atoms with Crippen LogP contribution in [0.2, 0.25) is 0 Å². The molecule has 0 N–H and O–H groups in total. The Balaban J connectivity index is 1.11.